The van der Waals surface area contributed by atoms with E-state index in [-0.39, 0.29) is 23.7 Å². The summed E-state index contributed by atoms with van der Waals surface area (Å²) in [4.78, 5) is 11.2. The summed E-state index contributed by atoms with van der Waals surface area (Å²) in [6.45, 7) is 1.16. The Labute approximate surface area is 147 Å². The Balaban J connectivity index is 0.00000288. The van der Waals surface area contributed by atoms with Gasteiger partial charge < -0.3 is 21.3 Å². The number of hydrogen-bond acceptors (Lipinski definition) is 4. The normalized spacial score (nSPS) is 11.5. The number of carbonyl (C=O) groups excluding carboxylic acids is 1. The van der Waals surface area contributed by atoms with E-state index in [0.29, 0.717) is 12.1 Å². The zero-order valence-electron chi connectivity index (χ0n) is 13.3. The van der Waals surface area contributed by atoms with Crippen LogP contribution in [0.25, 0.3) is 0 Å². The second-order valence-corrected chi connectivity index (χ2v) is 5.45. The van der Waals surface area contributed by atoms with Gasteiger partial charge in [-0.2, -0.15) is 0 Å². The first kappa shape index (κ1) is 20.0. The van der Waals surface area contributed by atoms with Gasteiger partial charge in [-0.05, 0) is 42.6 Å². The van der Waals surface area contributed by atoms with E-state index in [4.69, 9.17) is 5.73 Å². The van der Waals surface area contributed by atoms with Gasteiger partial charge in [-0.25, -0.2) is 0 Å². The average molecular weight is 351 g/mol. The lowest BCUT2D eigenvalue weighted by Gasteiger charge is -2.13. The second-order valence-electron chi connectivity index (χ2n) is 5.45. The van der Waals surface area contributed by atoms with Gasteiger partial charge in [0.1, 0.15) is 5.75 Å². The van der Waals surface area contributed by atoms with Crippen LogP contribution in [-0.2, 0) is 6.42 Å². The van der Waals surface area contributed by atoms with E-state index in [2.05, 4.69) is 17.4 Å². The van der Waals surface area contributed by atoms with Gasteiger partial charge in [-0.15, -0.1) is 12.4 Å². The van der Waals surface area contributed by atoms with E-state index in [1.165, 1.54) is 17.7 Å². The number of nitrogens with one attached hydrogen (secondary N) is 1. The number of carbonyl (C=O) groups is 1. The summed E-state index contributed by atoms with van der Waals surface area (Å²) in [7, 11) is 0. The predicted molar refractivity (Wildman–Crippen MR) is 96.5 cm³/mol. The molecule has 130 valence electrons. The van der Waals surface area contributed by atoms with Gasteiger partial charge in [0.15, 0.2) is 0 Å². The number of aromatic hydroxyl groups is 1. The molecule has 24 heavy (non-hydrogen) atoms. The molecule has 0 saturated heterocycles. The number of nitrogens with two attached hydrogens (primary N) is 1. The van der Waals surface area contributed by atoms with Crippen LogP contribution in [0.1, 0.15) is 34.0 Å². The number of phenols is 1. The molecule has 6 heteroatoms. The lowest BCUT2D eigenvalue weighted by Crippen LogP contribution is -2.23. The molecule has 0 aliphatic heterocycles. The molecule has 1 amide bonds. The number of amides is 1. The topological polar surface area (TPSA) is 95.6 Å². The third kappa shape index (κ3) is 5.85. The quantitative estimate of drug-likeness (QED) is 0.549. The summed E-state index contributed by atoms with van der Waals surface area (Å²) < 4.78 is 0. The van der Waals surface area contributed by atoms with Crippen molar-refractivity contribution in [3.63, 3.8) is 0 Å². The molecule has 0 radical (unpaired) electrons. The summed E-state index contributed by atoms with van der Waals surface area (Å²) in [5.74, 6) is -0.892. The van der Waals surface area contributed by atoms with Crippen LogP contribution in [0.4, 0.5) is 0 Å². The molecular formula is C18H23ClN2O3. The van der Waals surface area contributed by atoms with Gasteiger partial charge in [0, 0.05) is 6.54 Å². The van der Waals surface area contributed by atoms with Crippen LogP contribution < -0.4 is 11.1 Å². The summed E-state index contributed by atoms with van der Waals surface area (Å²) in [6.07, 6.45) is 1.19. The summed E-state index contributed by atoms with van der Waals surface area (Å²) >= 11 is 0. The van der Waals surface area contributed by atoms with E-state index in [9.17, 15) is 15.0 Å². The minimum atomic E-state index is -0.759. The Bertz CT molecular complexity index is 650. The highest BCUT2D eigenvalue weighted by Gasteiger charge is 2.13. The molecule has 0 fully saturated rings. The van der Waals surface area contributed by atoms with Gasteiger partial charge in [0.25, 0.3) is 5.91 Å². The third-order valence-electron chi connectivity index (χ3n) is 3.67. The fourth-order valence-electron chi connectivity index (χ4n) is 2.38. The first-order valence-electron chi connectivity index (χ1n) is 7.63. The number of aliphatic hydroxyl groups is 1. The van der Waals surface area contributed by atoms with Gasteiger partial charge in [0.05, 0.1) is 11.7 Å². The van der Waals surface area contributed by atoms with Crippen molar-refractivity contribution in [2.75, 3.05) is 13.1 Å². The zero-order chi connectivity index (χ0) is 16.7. The van der Waals surface area contributed by atoms with Crippen molar-refractivity contribution in [1.29, 1.82) is 0 Å². The molecule has 2 aromatic rings. The van der Waals surface area contributed by atoms with Crippen molar-refractivity contribution < 1.29 is 15.0 Å². The maximum atomic E-state index is 11.2. The average Bonchev–Trinajstić information content (AvgIpc) is 2.55. The largest absolute Gasteiger partial charge is 0.507 e. The maximum Gasteiger partial charge on any atom is 0.252 e. The lowest BCUT2D eigenvalue weighted by atomic mass is 10.0. The van der Waals surface area contributed by atoms with Crippen LogP contribution in [0.5, 0.6) is 5.75 Å². The Morgan fingerprint density at radius 3 is 2.54 bits per heavy atom. The molecule has 0 aliphatic carbocycles. The van der Waals surface area contributed by atoms with Crippen LogP contribution in [0.3, 0.4) is 0 Å². The minimum Gasteiger partial charge on any atom is -0.507 e. The van der Waals surface area contributed by atoms with Gasteiger partial charge in [-0.1, -0.05) is 36.4 Å². The number of rotatable bonds is 8. The first-order chi connectivity index (χ1) is 11.1. The van der Waals surface area contributed by atoms with Crippen LogP contribution >= 0.6 is 12.4 Å². The molecule has 0 bridgehead atoms. The number of hydrogen-bond donors (Lipinski definition) is 4. The predicted octanol–water partition coefficient (Wildman–Crippen LogP) is 2.17. The Hall–Kier alpha value is -2.08. The van der Waals surface area contributed by atoms with Crippen molar-refractivity contribution in [2.24, 2.45) is 5.73 Å². The molecule has 2 rings (SSSR count). The van der Waals surface area contributed by atoms with Crippen LogP contribution in [0, 0.1) is 0 Å². The highest BCUT2D eigenvalue weighted by atomic mass is 35.5. The van der Waals surface area contributed by atoms with Gasteiger partial charge >= 0.3 is 0 Å². The summed E-state index contributed by atoms with van der Waals surface area (Å²) in [5, 5.41) is 22.9. The number of aliphatic hydroxyl groups excluding tert-OH is 1. The number of primary amides is 1. The van der Waals surface area contributed by atoms with Crippen molar-refractivity contribution in [2.45, 2.75) is 18.9 Å². The second kappa shape index (κ2) is 9.93. The SMILES string of the molecule is Cl.NC(=O)c1cc(C(O)CNCCCc2ccccc2)ccc1O. The highest BCUT2D eigenvalue weighted by molar-refractivity contribution is 5.95. The van der Waals surface area contributed by atoms with Crippen LogP contribution in [-0.4, -0.2) is 29.2 Å². The van der Waals surface area contributed by atoms with E-state index in [1.54, 1.807) is 6.07 Å². The molecule has 1 atom stereocenters. The smallest absolute Gasteiger partial charge is 0.252 e. The molecule has 2 aromatic carbocycles. The summed E-state index contributed by atoms with van der Waals surface area (Å²) in [5.41, 5.74) is 7.04. The highest BCUT2D eigenvalue weighted by Crippen LogP contribution is 2.21. The molecule has 0 heterocycles. The van der Waals surface area contributed by atoms with E-state index < -0.39 is 12.0 Å². The molecule has 0 spiro atoms. The Kier molecular flexibility index (Phi) is 8.26. The molecule has 0 saturated carbocycles. The number of benzene rings is 2. The molecular weight excluding hydrogens is 328 g/mol. The van der Waals surface area contributed by atoms with Crippen molar-refractivity contribution >= 4 is 18.3 Å². The van der Waals surface area contributed by atoms with E-state index in [0.717, 1.165) is 19.4 Å². The fraction of sp³-hybridized carbons (Fsp3) is 0.278. The molecule has 5 N–H and O–H groups in total. The van der Waals surface area contributed by atoms with Crippen molar-refractivity contribution in [1.82, 2.24) is 5.32 Å². The van der Waals surface area contributed by atoms with Gasteiger partial charge in [0.2, 0.25) is 0 Å². The third-order valence-corrected chi connectivity index (χ3v) is 3.67. The number of aryl methyl sites for hydroxylation is 1. The van der Waals surface area contributed by atoms with Crippen molar-refractivity contribution in [3.05, 3.63) is 65.2 Å². The minimum absolute atomic E-state index is 0. The monoisotopic (exact) mass is 350 g/mol. The van der Waals surface area contributed by atoms with E-state index in [1.807, 2.05) is 18.2 Å². The first-order valence-corrected chi connectivity index (χ1v) is 7.63. The molecule has 0 aliphatic rings. The fourth-order valence-corrected chi connectivity index (χ4v) is 2.38. The van der Waals surface area contributed by atoms with Crippen LogP contribution in [0.2, 0.25) is 0 Å². The standard InChI is InChI=1S/C18H22N2O3.ClH/c19-18(23)15-11-14(8-9-16(15)21)17(22)12-20-10-4-7-13-5-2-1-3-6-13;/h1-3,5-6,8-9,11,17,20-22H,4,7,10,12H2,(H2,19,23);1H. The Morgan fingerprint density at radius 2 is 1.88 bits per heavy atom. The van der Waals surface area contributed by atoms with E-state index >= 15 is 0 Å². The molecule has 1 unspecified atom stereocenters. The van der Waals surface area contributed by atoms with Crippen molar-refractivity contribution in [3.8, 4) is 5.75 Å². The molecule has 0 aromatic heterocycles. The van der Waals surface area contributed by atoms with Gasteiger partial charge in [-0.3, -0.25) is 4.79 Å². The number of halogens is 1. The lowest BCUT2D eigenvalue weighted by molar-refractivity contribution is 0.0997. The maximum absolute atomic E-state index is 11.2. The Morgan fingerprint density at radius 1 is 1.17 bits per heavy atom. The van der Waals surface area contributed by atoms with Crippen LogP contribution in [0.15, 0.2) is 48.5 Å². The zero-order valence-corrected chi connectivity index (χ0v) is 14.1. The molecule has 5 nitrogen and oxygen atoms in total. The summed E-state index contributed by atoms with van der Waals surface area (Å²) in [6, 6.07) is 14.6.